The summed E-state index contributed by atoms with van der Waals surface area (Å²) >= 11 is 0. The van der Waals surface area contributed by atoms with Gasteiger partial charge in [0.05, 0.1) is 31.6 Å². The molecule has 4 amide bonds. The van der Waals surface area contributed by atoms with E-state index in [1.165, 1.54) is 17.0 Å². The molecule has 12 nitrogen and oxygen atoms in total. The van der Waals surface area contributed by atoms with Crippen LogP contribution in [0.4, 0.5) is 10.1 Å². The lowest BCUT2D eigenvalue weighted by molar-refractivity contribution is -0.153. The number of carbonyl (C=O) groups is 4. The van der Waals surface area contributed by atoms with Crippen LogP contribution in [0, 0.1) is 39.8 Å². The number of nitrogens with zero attached hydrogens (tertiary/aromatic N) is 2. The summed E-state index contributed by atoms with van der Waals surface area (Å²) in [4.78, 5) is 55.0. The number of hydrogen-bond donors (Lipinski definition) is 3. The number of carbonyl (C=O) groups excluding carboxylic acids is 4. The summed E-state index contributed by atoms with van der Waals surface area (Å²) in [5.74, 6) is -2.29. The minimum Gasteiger partial charge on any atom is -0.478 e. The Balaban J connectivity index is 1.30. The van der Waals surface area contributed by atoms with Gasteiger partial charge in [-0.2, -0.15) is 5.26 Å². The molecule has 3 fully saturated rings. The minimum absolute atomic E-state index is 0.0727. The molecule has 3 N–H and O–H groups in total. The molecule has 7 atom stereocenters. The molecule has 3 heterocycles. The fourth-order valence-corrected chi connectivity index (χ4v) is 6.39. The Morgan fingerprint density at radius 1 is 1.21 bits per heavy atom. The van der Waals surface area contributed by atoms with Gasteiger partial charge in [-0.25, -0.2) is 4.39 Å². The molecule has 4 aliphatic rings. The molecule has 0 aromatic heterocycles. The molecule has 2 saturated heterocycles. The molecule has 1 saturated carbocycles. The van der Waals surface area contributed by atoms with E-state index in [1.807, 2.05) is 40.7 Å². The van der Waals surface area contributed by atoms with Crippen LogP contribution < -0.4 is 20.7 Å². The van der Waals surface area contributed by atoms with E-state index in [2.05, 4.69) is 16.0 Å². The number of amides is 4. The maximum Gasteiger partial charge on any atom is 0.265 e. The van der Waals surface area contributed by atoms with Crippen molar-refractivity contribution in [2.45, 2.75) is 71.4 Å². The van der Waals surface area contributed by atoms with Gasteiger partial charge < -0.3 is 35.1 Å². The predicted octanol–water partition coefficient (Wildman–Crippen LogP) is 1.35. The average molecular weight is 600 g/mol. The average Bonchev–Trinajstić information content (AvgIpc) is 3.27. The van der Waals surface area contributed by atoms with Crippen molar-refractivity contribution in [2.24, 2.45) is 22.7 Å². The molecule has 43 heavy (non-hydrogen) atoms. The SMILES string of the molecule is CC(C)(C)C(NC(=O)C1COCCO1)C(=O)N1C[C@H]2[C@@H]([C@H]1C(=O)N[C@H](C#N)CC1Oc3ccc(F)cc3NC1=O)C2(C)C. The molecule has 1 aliphatic carbocycles. The van der Waals surface area contributed by atoms with Gasteiger partial charge in [-0.05, 0) is 34.8 Å². The number of hydrogen-bond acceptors (Lipinski definition) is 8. The third-order valence-corrected chi connectivity index (χ3v) is 8.95. The number of halogens is 1. The second-order valence-corrected chi connectivity index (χ2v) is 13.3. The second kappa shape index (κ2) is 11.4. The summed E-state index contributed by atoms with van der Waals surface area (Å²) in [5.41, 5.74) is -0.699. The Kier molecular flexibility index (Phi) is 8.13. The molecule has 3 unspecified atom stereocenters. The lowest BCUT2D eigenvalue weighted by atomic mass is 9.85. The van der Waals surface area contributed by atoms with Crippen LogP contribution in [0.5, 0.6) is 5.75 Å². The minimum atomic E-state index is -1.11. The maximum atomic E-state index is 14.1. The van der Waals surface area contributed by atoms with Gasteiger partial charge in [0, 0.05) is 19.0 Å². The van der Waals surface area contributed by atoms with Crippen molar-refractivity contribution in [1.82, 2.24) is 15.5 Å². The number of piperidine rings is 1. The third-order valence-electron chi connectivity index (χ3n) is 8.95. The fourth-order valence-electron chi connectivity index (χ4n) is 6.39. The van der Waals surface area contributed by atoms with E-state index in [0.717, 1.165) is 6.07 Å². The number of nitrogens with one attached hydrogen (secondary N) is 3. The van der Waals surface area contributed by atoms with Gasteiger partial charge in [-0.1, -0.05) is 34.6 Å². The van der Waals surface area contributed by atoms with Crippen LogP contribution in [0.2, 0.25) is 0 Å². The zero-order valence-electron chi connectivity index (χ0n) is 24.9. The van der Waals surface area contributed by atoms with Crippen molar-refractivity contribution in [1.29, 1.82) is 5.26 Å². The lowest BCUT2D eigenvalue weighted by Crippen LogP contribution is -2.61. The quantitative estimate of drug-likeness (QED) is 0.424. The van der Waals surface area contributed by atoms with Crippen LogP contribution in [0.25, 0.3) is 0 Å². The topological polar surface area (TPSA) is 159 Å². The number of benzene rings is 1. The lowest BCUT2D eigenvalue weighted by Gasteiger charge is -2.38. The van der Waals surface area contributed by atoms with E-state index in [4.69, 9.17) is 14.2 Å². The van der Waals surface area contributed by atoms with Gasteiger partial charge in [0.1, 0.15) is 29.7 Å². The normalized spacial score (nSPS) is 28.6. The highest BCUT2D eigenvalue weighted by Gasteiger charge is 2.69. The number of nitriles is 1. The molecule has 5 rings (SSSR count). The summed E-state index contributed by atoms with van der Waals surface area (Å²) in [6, 6.07) is 2.81. The van der Waals surface area contributed by atoms with E-state index in [0.29, 0.717) is 13.2 Å². The standard InChI is InChI=1S/C30H38FN5O7/c1-29(2,3)24(35-26(38)21-14-41-8-9-42-21)28(40)36-13-17-22(30(17,4)5)23(36)27(39)33-16(12-32)11-20-25(37)34-18-10-15(31)6-7-19(18)43-20/h6-7,10,16-17,20-24H,8-9,11,13-14H2,1-5H3,(H,33,39)(H,34,37)(H,35,38)/t16-,17-,20?,21?,22-,23-,24?/m0/s1. The smallest absolute Gasteiger partial charge is 0.265 e. The fraction of sp³-hybridized carbons (Fsp3) is 0.633. The second-order valence-electron chi connectivity index (χ2n) is 13.3. The molecular weight excluding hydrogens is 561 g/mol. The Labute approximate surface area is 249 Å². The summed E-state index contributed by atoms with van der Waals surface area (Å²) < 4.78 is 30.1. The largest absolute Gasteiger partial charge is 0.478 e. The molecule has 0 radical (unpaired) electrons. The summed E-state index contributed by atoms with van der Waals surface area (Å²) in [6.45, 7) is 10.7. The number of anilines is 1. The van der Waals surface area contributed by atoms with Crippen molar-refractivity contribution in [3.05, 3.63) is 24.0 Å². The van der Waals surface area contributed by atoms with Crippen molar-refractivity contribution in [2.75, 3.05) is 31.7 Å². The van der Waals surface area contributed by atoms with Crippen LogP contribution in [-0.2, 0) is 28.7 Å². The van der Waals surface area contributed by atoms with Crippen molar-refractivity contribution >= 4 is 29.3 Å². The Bertz CT molecular complexity index is 1350. The highest BCUT2D eigenvalue weighted by atomic mass is 19.1. The Morgan fingerprint density at radius 2 is 1.95 bits per heavy atom. The molecule has 3 aliphatic heterocycles. The van der Waals surface area contributed by atoms with Gasteiger partial charge in [-0.3, -0.25) is 19.2 Å². The monoisotopic (exact) mass is 599 g/mol. The van der Waals surface area contributed by atoms with Gasteiger partial charge in [0.25, 0.3) is 11.8 Å². The van der Waals surface area contributed by atoms with Gasteiger partial charge in [0.15, 0.2) is 12.2 Å². The zero-order valence-corrected chi connectivity index (χ0v) is 24.9. The highest BCUT2D eigenvalue weighted by Crippen LogP contribution is 2.65. The van der Waals surface area contributed by atoms with E-state index < -0.39 is 65.2 Å². The van der Waals surface area contributed by atoms with Gasteiger partial charge in [0.2, 0.25) is 11.8 Å². The Hall–Kier alpha value is -3.76. The van der Waals surface area contributed by atoms with Crippen LogP contribution in [-0.4, -0.2) is 85.2 Å². The van der Waals surface area contributed by atoms with E-state index >= 15 is 0 Å². The molecule has 13 heteroatoms. The first kappa shape index (κ1) is 30.7. The highest BCUT2D eigenvalue weighted by molar-refractivity contribution is 5.98. The van der Waals surface area contributed by atoms with Crippen LogP contribution in [0.1, 0.15) is 41.0 Å². The molecule has 1 aromatic rings. The van der Waals surface area contributed by atoms with Crippen molar-refractivity contribution in [3.8, 4) is 11.8 Å². The first-order valence-electron chi connectivity index (χ1n) is 14.5. The van der Waals surface area contributed by atoms with Gasteiger partial charge in [-0.15, -0.1) is 0 Å². The van der Waals surface area contributed by atoms with Crippen LogP contribution >= 0.6 is 0 Å². The summed E-state index contributed by atoms with van der Waals surface area (Å²) in [5, 5.41) is 18.0. The molecule has 0 bridgehead atoms. The van der Waals surface area contributed by atoms with E-state index in [-0.39, 0.29) is 48.3 Å². The van der Waals surface area contributed by atoms with Crippen LogP contribution in [0.15, 0.2) is 18.2 Å². The molecule has 232 valence electrons. The molecule has 0 spiro atoms. The first-order chi connectivity index (χ1) is 20.2. The summed E-state index contributed by atoms with van der Waals surface area (Å²) in [6.07, 6.45) is -2.09. The van der Waals surface area contributed by atoms with Crippen LogP contribution in [0.3, 0.4) is 0 Å². The predicted molar refractivity (Wildman–Crippen MR) is 150 cm³/mol. The molecular formula is C30H38FN5O7. The van der Waals surface area contributed by atoms with E-state index in [9.17, 15) is 28.8 Å². The number of likely N-dealkylation sites (tertiary alicyclic amines) is 1. The van der Waals surface area contributed by atoms with Crippen molar-refractivity contribution < 1.29 is 37.8 Å². The first-order valence-corrected chi connectivity index (χ1v) is 14.5. The molecule has 1 aromatic carbocycles. The van der Waals surface area contributed by atoms with E-state index in [1.54, 1.807) is 0 Å². The van der Waals surface area contributed by atoms with Gasteiger partial charge >= 0.3 is 0 Å². The summed E-state index contributed by atoms with van der Waals surface area (Å²) in [7, 11) is 0. The third kappa shape index (κ3) is 6.03. The maximum absolute atomic E-state index is 14.1. The zero-order chi connectivity index (χ0) is 31.3. The number of ether oxygens (including phenoxy) is 3. The number of rotatable bonds is 7. The van der Waals surface area contributed by atoms with Crippen molar-refractivity contribution in [3.63, 3.8) is 0 Å². The Morgan fingerprint density at radius 3 is 2.60 bits per heavy atom. The number of fused-ring (bicyclic) bond motifs is 2.